The maximum Gasteiger partial charge on any atom is 0.338 e. The van der Waals surface area contributed by atoms with Crippen LogP contribution in [-0.4, -0.2) is 18.1 Å². The molecule has 4 rings (SSSR count). The fraction of sp³-hybridized carbons (Fsp3) is 0.0714. The van der Waals surface area contributed by atoms with Gasteiger partial charge in [0.05, 0.1) is 23.9 Å². The molecule has 34 heavy (non-hydrogen) atoms. The van der Waals surface area contributed by atoms with Crippen molar-refractivity contribution < 1.29 is 23.0 Å². The molecule has 0 unspecified atom stereocenters. The van der Waals surface area contributed by atoms with Gasteiger partial charge in [0.15, 0.2) is 11.6 Å². The first-order chi connectivity index (χ1) is 16.5. The maximum atomic E-state index is 13.5. The van der Waals surface area contributed by atoms with Gasteiger partial charge < -0.3 is 9.47 Å². The van der Waals surface area contributed by atoms with Crippen molar-refractivity contribution in [2.75, 3.05) is 7.11 Å². The lowest BCUT2D eigenvalue weighted by Gasteiger charge is -2.12. The largest absolute Gasteiger partial charge is 0.489 e. The monoisotopic (exact) mass is 455 g/mol. The van der Waals surface area contributed by atoms with E-state index in [2.05, 4.69) is 10.9 Å². The Labute approximate surface area is 195 Å². The van der Waals surface area contributed by atoms with Crippen LogP contribution in [0.25, 0.3) is 23.1 Å². The van der Waals surface area contributed by atoms with Gasteiger partial charge in [-0.25, -0.2) is 18.6 Å². The summed E-state index contributed by atoms with van der Waals surface area (Å²) in [6, 6.07) is 18.0. The molecule has 0 aliphatic heterocycles. The number of terminal acetylenes is 1. The number of fused-ring (bicyclic) bond motifs is 1. The lowest BCUT2D eigenvalue weighted by molar-refractivity contribution is 0.0597. The van der Waals surface area contributed by atoms with E-state index in [1.807, 2.05) is 18.2 Å². The fourth-order valence-electron chi connectivity index (χ4n) is 3.42. The lowest BCUT2D eigenvalue weighted by atomic mass is 10.0. The van der Waals surface area contributed by atoms with Crippen molar-refractivity contribution in [2.24, 2.45) is 0 Å². The molecule has 1 aromatic heterocycles. The number of esters is 1. The molecule has 1 heterocycles. The number of carbonyl (C=O) groups is 1. The quantitative estimate of drug-likeness (QED) is 0.263. The molecule has 6 heteroatoms. The molecule has 4 nitrogen and oxygen atoms in total. The Kier molecular flexibility index (Phi) is 6.65. The Bertz CT molecular complexity index is 1440. The first-order valence-electron chi connectivity index (χ1n) is 10.3. The molecule has 0 aliphatic rings. The van der Waals surface area contributed by atoms with Crippen LogP contribution in [0.15, 0.2) is 66.7 Å². The van der Waals surface area contributed by atoms with E-state index in [0.717, 1.165) is 17.7 Å². The highest BCUT2D eigenvalue weighted by molar-refractivity contribution is 5.91. The van der Waals surface area contributed by atoms with Crippen molar-refractivity contribution in [1.29, 1.82) is 0 Å². The Morgan fingerprint density at radius 1 is 1.03 bits per heavy atom. The van der Waals surface area contributed by atoms with Crippen molar-refractivity contribution >= 4 is 29.0 Å². The summed E-state index contributed by atoms with van der Waals surface area (Å²) >= 11 is 0. The molecular weight excluding hydrogens is 436 g/mol. The fourth-order valence-corrected chi connectivity index (χ4v) is 3.42. The zero-order valence-electron chi connectivity index (χ0n) is 18.2. The summed E-state index contributed by atoms with van der Waals surface area (Å²) in [5.74, 6) is 0.856. The summed E-state index contributed by atoms with van der Waals surface area (Å²) in [5.41, 5.74) is 3.39. The Morgan fingerprint density at radius 3 is 2.53 bits per heavy atom. The molecule has 168 valence electrons. The number of ether oxygens (including phenoxy) is 2. The number of carbonyl (C=O) groups excluding carboxylic acids is 1. The summed E-state index contributed by atoms with van der Waals surface area (Å²) in [7, 11) is 1.31. The van der Waals surface area contributed by atoms with Gasteiger partial charge in [-0.2, -0.15) is 0 Å². The third kappa shape index (κ3) is 4.94. The number of aromatic nitrogens is 1. The van der Waals surface area contributed by atoms with Crippen LogP contribution in [0.4, 0.5) is 8.78 Å². The van der Waals surface area contributed by atoms with Crippen molar-refractivity contribution in [1.82, 2.24) is 4.98 Å². The van der Waals surface area contributed by atoms with E-state index in [0.29, 0.717) is 39.0 Å². The van der Waals surface area contributed by atoms with Gasteiger partial charge in [0.25, 0.3) is 0 Å². The topological polar surface area (TPSA) is 48.4 Å². The SMILES string of the molecule is C#Cc1cccc(C(=O)OC)c1COc1ccc(C=Cc2ccc3cc(F)c(F)cc3n2)cc1. The van der Waals surface area contributed by atoms with Gasteiger partial charge in [-0.15, -0.1) is 6.42 Å². The minimum Gasteiger partial charge on any atom is -0.489 e. The highest BCUT2D eigenvalue weighted by atomic mass is 19.2. The van der Waals surface area contributed by atoms with E-state index < -0.39 is 17.6 Å². The summed E-state index contributed by atoms with van der Waals surface area (Å²) in [5, 5.41) is 0.527. The van der Waals surface area contributed by atoms with Gasteiger partial charge in [0.2, 0.25) is 0 Å². The van der Waals surface area contributed by atoms with Crippen LogP contribution in [0.5, 0.6) is 5.75 Å². The molecule has 0 saturated heterocycles. The normalized spacial score (nSPS) is 10.9. The molecule has 0 N–H and O–H groups in total. The molecule has 0 saturated carbocycles. The first kappa shape index (κ1) is 22.7. The molecule has 0 spiro atoms. The van der Waals surface area contributed by atoms with E-state index in [9.17, 15) is 13.6 Å². The first-order valence-corrected chi connectivity index (χ1v) is 10.3. The highest BCUT2D eigenvalue weighted by Gasteiger charge is 2.15. The highest BCUT2D eigenvalue weighted by Crippen LogP contribution is 2.21. The molecule has 0 atom stereocenters. The van der Waals surface area contributed by atoms with Crippen LogP contribution in [0.2, 0.25) is 0 Å². The van der Waals surface area contributed by atoms with Crippen LogP contribution in [-0.2, 0) is 11.3 Å². The van der Waals surface area contributed by atoms with Gasteiger partial charge in [-0.1, -0.05) is 36.3 Å². The Hall–Kier alpha value is -4.50. The maximum absolute atomic E-state index is 13.5. The average molecular weight is 455 g/mol. The zero-order valence-corrected chi connectivity index (χ0v) is 18.2. The molecule has 0 aliphatic carbocycles. The van der Waals surface area contributed by atoms with Crippen LogP contribution in [0.3, 0.4) is 0 Å². The summed E-state index contributed by atoms with van der Waals surface area (Å²) in [6.07, 6.45) is 9.20. The van der Waals surface area contributed by atoms with E-state index >= 15 is 0 Å². The lowest BCUT2D eigenvalue weighted by Crippen LogP contribution is -2.10. The third-order valence-electron chi connectivity index (χ3n) is 5.20. The van der Waals surface area contributed by atoms with E-state index in [1.165, 1.54) is 7.11 Å². The minimum atomic E-state index is -0.930. The second-order valence-corrected chi connectivity index (χ2v) is 7.35. The van der Waals surface area contributed by atoms with E-state index in [1.54, 1.807) is 48.5 Å². The van der Waals surface area contributed by atoms with Crippen LogP contribution in [0, 0.1) is 24.0 Å². The smallest absolute Gasteiger partial charge is 0.338 e. The Morgan fingerprint density at radius 2 is 1.79 bits per heavy atom. The van der Waals surface area contributed by atoms with Crippen molar-refractivity contribution in [3.63, 3.8) is 0 Å². The number of methoxy groups -OCH3 is 1. The number of rotatable bonds is 6. The van der Waals surface area contributed by atoms with Crippen molar-refractivity contribution in [3.05, 3.63) is 106 Å². The summed E-state index contributed by atoms with van der Waals surface area (Å²) < 4.78 is 37.5. The number of hydrogen-bond acceptors (Lipinski definition) is 4. The van der Waals surface area contributed by atoms with Crippen LogP contribution in [0.1, 0.15) is 32.7 Å². The molecule has 4 aromatic rings. The number of halogens is 2. The number of hydrogen-bond donors (Lipinski definition) is 0. The zero-order chi connectivity index (χ0) is 24.1. The molecule has 3 aromatic carbocycles. The predicted molar refractivity (Wildman–Crippen MR) is 127 cm³/mol. The van der Waals surface area contributed by atoms with Gasteiger partial charge in [-0.05, 0) is 48.0 Å². The molecule has 0 bridgehead atoms. The summed E-state index contributed by atoms with van der Waals surface area (Å²) in [4.78, 5) is 16.4. The number of pyridine rings is 1. The van der Waals surface area contributed by atoms with Crippen LogP contribution >= 0.6 is 0 Å². The average Bonchev–Trinajstić information content (AvgIpc) is 2.86. The molecule has 0 fully saturated rings. The van der Waals surface area contributed by atoms with Crippen molar-refractivity contribution in [2.45, 2.75) is 6.61 Å². The van der Waals surface area contributed by atoms with E-state index in [4.69, 9.17) is 15.9 Å². The Balaban J connectivity index is 1.47. The second kappa shape index (κ2) is 9.97. The van der Waals surface area contributed by atoms with Crippen molar-refractivity contribution in [3.8, 4) is 18.1 Å². The molecular formula is C28H19F2NO3. The van der Waals surface area contributed by atoms with Gasteiger partial charge in [0.1, 0.15) is 12.4 Å². The van der Waals surface area contributed by atoms with Gasteiger partial charge in [-0.3, -0.25) is 0 Å². The van der Waals surface area contributed by atoms with Gasteiger partial charge >= 0.3 is 5.97 Å². The third-order valence-corrected chi connectivity index (χ3v) is 5.20. The number of nitrogens with zero attached hydrogens (tertiary/aromatic N) is 1. The summed E-state index contributed by atoms with van der Waals surface area (Å²) in [6.45, 7) is 0.109. The number of benzene rings is 3. The van der Waals surface area contributed by atoms with Gasteiger partial charge in [0, 0.05) is 22.6 Å². The van der Waals surface area contributed by atoms with E-state index in [-0.39, 0.29) is 6.61 Å². The molecule has 0 amide bonds. The minimum absolute atomic E-state index is 0.109. The standard InChI is InChI=1S/C28H19F2NO3/c1-3-19-5-4-6-23(28(32)33-2)24(19)17-34-22-13-8-18(9-14-22)7-11-21-12-10-20-15-25(29)26(30)16-27(20)31-21/h1,4-16H,17H2,2H3. The predicted octanol–water partition coefficient (Wildman–Crippen LogP) is 6.03. The second-order valence-electron chi connectivity index (χ2n) is 7.35. The van der Waals surface area contributed by atoms with Crippen LogP contribution < -0.4 is 4.74 Å². The molecule has 0 radical (unpaired) electrons.